The van der Waals surface area contributed by atoms with E-state index >= 15 is 0 Å². The second-order valence-corrected chi connectivity index (χ2v) is 5.99. The largest absolute Gasteiger partial charge is 0.317 e. The predicted octanol–water partition coefficient (Wildman–Crippen LogP) is 3.30. The van der Waals surface area contributed by atoms with Crippen LogP contribution in [0.3, 0.4) is 0 Å². The lowest BCUT2D eigenvalue weighted by Gasteiger charge is -2.28. The van der Waals surface area contributed by atoms with Gasteiger partial charge in [0.15, 0.2) is 0 Å². The van der Waals surface area contributed by atoms with Crippen molar-refractivity contribution < 1.29 is 0 Å². The molecule has 1 aliphatic carbocycles. The van der Waals surface area contributed by atoms with Crippen molar-refractivity contribution >= 4 is 0 Å². The predicted molar refractivity (Wildman–Crippen MR) is 80.2 cm³/mol. The average Bonchev–Trinajstić information content (AvgIpc) is 2.77. The van der Waals surface area contributed by atoms with Gasteiger partial charge in [0.1, 0.15) is 0 Å². The van der Waals surface area contributed by atoms with Crippen molar-refractivity contribution in [1.29, 1.82) is 0 Å². The molecule has 0 aliphatic heterocycles. The number of rotatable bonds is 5. The van der Waals surface area contributed by atoms with Gasteiger partial charge in [-0.2, -0.15) is 5.10 Å². The van der Waals surface area contributed by atoms with Crippen LogP contribution in [-0.2, 0) is 13.5 Å². The van der Waals surface area contributed by atoms with Crippen LogP contribution in [0.1, 0.15) is 57.1 Å². The highest BCUT2D eigenvalue weighted by Crippen LogP contribution is 2.26. The highest BCUT2D eigenvalue weighted by Gasteiger charge is 2.20. The van der Waals surface area contributed by atoms with Gasteiger partial charge in [-0.25, -0.2) is 0 Å². The summed E-state index contributed by atoms with van der Waals surface area (Å²) in [4.78, 5) is 0. The van der Waals surface area contributed by atoms with Crippen LogP contribution in [-0.4, -0.2) is 22.9 Å². The summed E-state index contributed by atoms with van der Waals surface area (Å²) in [6.45, 7) is 0. The third-order valence-electron chi connectivity index (χ3n) is 4.72. The number of aromatic nitrogens is 2. The number of nitrogens with zero attached hydrogens (tertiary/aromatic N) is 2. The van der Waals surface area contributed by atoms with E-state index in [-0.39, 0.29) is 0 Å². The van der Waals surface area contributed by atoms with Crippen molar-refractivity contribution in [3.8, 4) is 0 Å². The minimum absolute atomic E-state index is 0.674. The van der Waals surface area contributed by atoms with Crippen LogP contribution in [0.5, 0.6) is 0 Å². The third-order valence-corrected chi connectivity index (χ3v) is 4.72. The average molecular weight is 263 g/mol. The van der Waals surface area contributed by atoms with Gasteiger partial charge in [0.05, 0.1) is 0 Å². The Morgan fingerprint density at radius 3 is 2.53 bits per heavy atom. The smallest absolute Gasteiger partial charge is 0.0492 e. The molecule has 3 nitrogen and oxygen atoms in total. The van der Waals surface area contributed by atoms with Gasteiger partial charge >= 0.3 is 0 Å². The minimum atomic E-state index is 0.674. The van der Waals surface area contributed by atoms with Gasteiger partial charge in [-0.3, -0.25) is 4.68 Å². The first-order valence-electron chi connectivity index (χ1n) is 7.95. The summed E-state index contributed by atoms with van der Waals surface area (Å²) in [5, 5.41) is 7.83. The van der Waals surface area contributed by atoms with E-state index in [2.05, 4.69) is 23.5 Å². The molecule has 0 aromatic carbocycles. The lowest BCUT2D eigenvalue weighted by Crippen LogP contribution is -2.34. The standard InChI is InChI=1S/C16H29N3/c1-17-16(11-10-15-12-13-18-19(15)2)14-8-6-4-3-5-7-9-14/h12-14,16-17H,3-11H2,1-2H3. The fourth-order valence-corrected chi connectivity index (χ4v) is 3.46. The SMILES string of the molecule is CNC(CCc1ccnn1C)C1CCCCCCC1. The van der Waals surface area contributed by atoms with Gasteiger partial charge in [-0.15, -0.1) is 0 Å². The Labute approximate surface area is 117 Å². The van der Waals surface area contributed by atoms with Crippen molar-refractivity contribution in [3.63, 3.8) is 0 Å². The van der Waals surface area contributed by atoms with E-state index < -0.39 is 0 Å². The summed E-state index contributed by atoms with van der Waals surface area (Å²) in [6, 6.07) is 2.82. The van der Waals surface area contributed by atoms with Crippen LogP contribution in [0, 0.1) is 5.92 Å². The maximum Gasteiger partial charge on any atom is 0.0492 e. The first-order valence-corrected chi connectivity index (χ1v) is 7.95. The Bertz CT molecular complexity index is 351. The molecule has 3 heteroatoms. The van der Waals surface area contributed by atoms with E-state index in [1.165, 1.54) is 57.1 Å². The van der Waals surface area contributed by atoms with E-state index in [0.717, 1.165) is 12.3 Å². The van der Waals surface area contributed by atoms with Crippen molar-refractivity contribution in [3.05, 3.63) is 18.0 Å². The molecule has 1 unspecified atom stereocenters. The molecule has 1 aromatic rings. The first-order chi connectivity index (χ1) is 9.31. The lowest BCUT2D eigenvalue weighted by molar-refractivity contribution is 0.283. The van der Waals surface area contributed by atoms with Crippen LogP contribution in [0.4, 0.5) is 0 Å². The van der Waals surface area contributed by atoms with Crippen molar-refractivity contribution in [2.45, 2.75) is 63.8 Å². The van der Waals surface area contributed by atoms with Crippen molar-refractivity contribution in [2.75, 3.05) is 7.05 Å². The highest BCUT2D eigenvalue weighted by molar-refractivity contribution is 5.00. The maximum absolute atomic E-state index is 4.26. The lowest BCUT2D eigenvalue weighted by atomic mass is 9.84. The zero-order valence-electron chi connectivity index (χ0n) is 12.6. The van der Waals surface area contributed by atoms with Gasteiger partial charge < -0.3 is 5.32 Å². The van der Waals surface area contributed by atoms with Crippen LogP contribution in [0.25, 0.3) is 0 Å². The zero-order chi connectivity index (χ0) is 13.5. The molecular weight excluding hydrogens is 234 g/mol. The number of hydrogen-bond acceptors (Lipinski definition) is 2. The molecule has 1 fully saturated rings. The quantitative estimate of drug-likeness (QED) is 0.883. The van der Waals surface area contributed by atoms with E-state index in [9.17, 15) is 0 Å². The molecule has 0 saturated heterocycles. The topological polar surface area (TPSA) is 29.9 Å². The molecule has 19 heavy (non-hydrogen) atoms. The van der Waals surface area contributed by atoms with Gasteiger partial charge in [0, 0.05) is 25.0 Å². The van der Waals surface area contributed by atoms with Crippen LogP contribution < -0.4 is 5.32 Å². The monoisotopic (exact) mass is 263 g/mol. The Morgan fingerprint density at radius 1 is 1.26 bits per heavy atom. The first kappa shape index (κ1) is 14.6. The highest BCUT2D eigenvalue weighted by atomic mass is 15.2. The number of hydrogen-bond donors (Lipinski definition) is 1. The Kier molecular flexibility index (Phi) is 5.90. The molecule has 1 heterocycles. The summed E-state index contributed by atoms with van der Waals surface area (Å²) in [5.41, 5.74) is 1.35. The Hall–Kier alpha value is -0.830. The number of aryl methyl sites for hydroxylation is 2. The van der Waals surface area contributed by atoms with Crippen molar-refractivity contribution in [2.24, 2.45) is 13.0 Å². The van der Waals surface area contributed by atoms with Gasteiger partial charge in [0.2, 0.25) is 0 Å². The molecule has 1 aliphatic rings. The molecule has 0 bridgehead atoms. The molecule has 2 rings (SSSR count). The Balaban J connectivity index is 1.85. The number of nitrogens with one attached hydrogen (secondary N) is 1. The molecule has 0 amide bonds. The van der Waals surface area contributed by atoms with E-state index in [1.807, 2.05) is 17.9 Å². The summed E-state index contributed by atoms with van der Waals surface area (Å²) < 4.78 is 2.00. The van der Waals surface area contributed by atoms with Gasteiger partial charge in [-0.05, 0) is 44.7 Å². The minimum Gasteiger partial charge on any atom is -0.317 e. The van der Waals surface area contributed by atoms with Gasteiger partial charge in [0.25, 0.3) is 0 Å². The normalized spacial score (nSPS) is 19.9. The summed E-state index contributed by atoms with van der Waals surface area (Å²) in [7, 11) is 4.17. The van der Waals surface area contributed by atoms with E-state index in [0.29, 0.717) is 6.04 Å². The third kappa shape index (κ3) is 4.34. The second kappa shape index (κ2) is 7.68. The van der Waals surface area contributed by atoms with Crippen molar-refractivity contribution in [1.82, 2.24) is 15.1 Å². The maximum atomic E-state index is 4.26. The summed E-state index contributed by atoms with van der Waals surface area (Å²) in [6.07, 6.45) is 14.3. The molecule has 1 atom stereocenters. The van der Waals surface area contributed by atoms with Crippen LogP contribution in [0.2, 0.25) is 0 Å². The molecule has 108 valence electrons. The van der Waals surface area contributed by atoms with E-state index in [4.69, 9.17) is 0 Å². The molecular formula is C16H29N3. The Morgan fingerprint density at radius 2 is 1.95 bits per heavy atom. The van der Waals surface area contributed by atoms with E-state index in [1.54, 1.807) is 0 Å². The van der Waals surface area contributed by atoms with Gasteiger partial charge in [-0.1, -0.05) is 32.1 Å². The summed E-state index contributed by atoms with van der Waals surface area (Å²) >= 11 is 0. The zero-order valence-corrected chi connectivity index (χ0v) is 12.6. The fraction of sp³-hybridized carbons (Fsp3) is 0.812. The fourth-order valence-electron chi connectivity index (χ4n) is 3.46. The molecule has 0 radical (unpaired) electrons. The summed E-state index contributed by atoms with van der Waals surface area (Å²) in [5.74, 6) is 0.874. The van der Waals surface area contributed by atoms with Crippen LogP contribution in [0.15, 0.2) is 12.3 Å². The van der Waals surface area contributed by atoms with Crippen LogP contribution >= 0.6 is 0 Å². The molecule has 0 spiro atoms. The molecule has 1 N–H and O–H groups in total. The second-order valence-electron chi connectivity index (χ2n) is 5.99. The molecule has 1 saturated carbocycles. The molecule has 1 aromatic heterocycles.